The van der Waals surface area contributed by atoms with Gasteiger partial charge in [-0.15, -0.1) is 0 Å². The number of rotatable bonds is 17. The summed E-state index contributed by atoms with van der Waals surface area (Å²) in [5, 5.41) is 26.8. The van der Waals surface area contributed by atoms with Gasteiger partial charge in [0.15, 0.2) is 0 Å². The van der Waals surface area contributed by atoms with Crippen molar-refractivity contribution in [3.63, 3.8) is 0 Å². The van der Waals surface area contributed by atoms with E-state index in [1.54, 1.807) is 24.3 Å². The Bertz CT molecular complexity index is 1040. The lowest BCUT2D eigenvalue weighted by Crippen LogP contribution is -3.00. The zero-order chi connectivity index (χ0) is 29.7. The molecule has 0 unspecified atom stereocenters. The molecule has 0 spiro atoms. The summed E-state index contributed by atoms with van der Waals surface area (Å²) in [5.74, 6) is 0. The highest BCUT2D eigenvalue weighted by molar-refractivity contribution is 5.33. The number of non-ortho nitro benzene ring substituents is 2. The van der Waals surface area contributed by atoms with Gasteiger partial charge >= 0.3 is 0 Å². The molecule has 2 aromatic carbocycles. The number of nitrogens with zero attached hydrogens (tertiary/aromatic N) is 4. The quantitative estimate of drug-likeness (QED) is 0.0730. The second-order valence-corrected chi connectivity index (χ2v) is 12.7. The van der Waals surface area contributed by atoms with Crippen molar-refractivity contribution in [1.82, 2.24) is 0 Å². The van der Waals surface area contributed by atoms with Crippen LogP contribution in [0.3, 0.4) is 0 Å². The zero-order valence-corrected chi connectivity index (χ0v) is 29.9. The van der Waals surface area contributed by atoms with Crippen LogP contribution in [0.1, 0.15) is 62.5 Å². The topological polar surface area (TPSA) is 120 Å². The van der Waals surface area contributed by atoms with E-state index in [1.165, 1.54) is 128 Å². The lowest BCUT2D eigenvalue weighted by Gasteiger charge is -2.40. The van der Waals surface area contributed by atoms with Crippen molar-refractivity contribution in [1.29, 1.82) is 0 Å². The van der Waals surface area contributed by atoms with Crippen LogP contribution in [0.25, 0.3) is 0 Å². The fourth-order valence-corrected chi connectivity index (χ4v) is 7.07. The molecule has 46 heavy (non-hydrogen) atoms. The molecule has 0 saturated carbocycles. The maximum Gasteiger partial charge on any atom is 0.269 e. The SMILES string of the molecule is O=[N+]([O-])c1ccc(C[N+]2(CCCCCCCCCC[N+]3(Cc4ccc([N+](=O)[O-])cc4)CC[NH2+]CC3)CC[NH2+]CC2)cc1.[Cl-].[Cl-].[Cl-].[Cl-]. The minimum absolute atomic E-state index is 0. The molecule has 0 radical (unpaired) electrons. The monoisotopic (exact) mass is 724 g/mol. The Kier molecular flexibility index (Phi) is 21.9. The van der Waals surface area contributed by atoms with Crippen LogP contribution < -0.4 is 60.3 Å². The molecule has 2 fully saturated rings. The van der Waals surface area contributed by atoms with E-state index in [4.69, 9.17) is 0 Å². The highest BCUT2D eigenvalue weighted by atomic mass is 35.5. The first-order chi connectivity index (χ1) is 20.4. The number of hydrogen-bond donors (Lipinski definition) is 2. The molecule has 0 atom stereocenters. The smallest absolute Gasteiger partial charge is 0.269 e. The molecule has 4 rings (SSSR count). The highest BCUT2D eigenvalue weighted by Gasteiger charge is 2.32. The first-order valence-electron chi connectivity index (χ1n) is 16.2. The van der Waals surface area contributed by atoms with Gasteiger partial charge in [0, 0.05) is 35.4 Å². The summed E-state index contributed by atoms with van der Waals surface area (Å²) in [6.07, 6.45) is 10.3. The number of halogens is 4. The van der Waals surface area contributed by atoms with Crippen molar-refractivity contribution in [3.8, 4) is 0 Å². The second-order valence-electron chi connectivity index (χ2n) is 12.7. The number of benzene rings is 2. The van der Waals surface area contributed by atoms with Gasteiger partial charge in [-0.1, -0.05) is 25.7 Å². The van der Waals surface area contributed by atoms with Gasteiger partial charge in [-0.2, -0.15) is 0 Å². The molecule has 10 nitrogen and oxygen atoms in total. The summed E-state index contributed by atoms with van der Waals surface area (Å²) in [4.78, 5) is 21.4. The van der Waals surface area contributed by atoms with Crippen LogP contribution in [-0.4, -0.2) is 84.3 Å². The predicted molar refractivity (Wildman–Crippen MR) is 164 cm³/mol. The number of nitro groups is 2. The Morgan fingerprint density at radius 3 is 1.07 bits per heavy atom. The third kappa shape index (κ3) is 14.2. The van der Waals surface area contributed by atoms with Gasteiger partial charge in [0.05, 0.1) is 22.9 Å². The third-order valence-electron chi connectivity index (χ3n) is 9.58. The Balaban J connectivity index is 0.00000506. The summed E-state index contributed by atoms with van der Waals surface area (Å²) in [7, 11) is 0. The molecule has 2 aliphatic heterocycles. The molecule has 262 valence electrons. The van der Waals surface area contributed by atoms with Crippen LogP contribution in [0, 0.1) is 20.2 Å². The molecule has 2 aromatic rings. The van der Waals surface area contributed by atoms with E-state index >= 15 is 0 Å². The number of nitrogens with two attached hydrogens (primary N) is 2. The van der Waals surface area contributed by atoms with E-state index in [9.17, 15) is 20.2 Å². The van der Waals surface area contributed by atoms with Crippen molar-refractivity contribution < 1.29 is 79.1 Å². The third-order valence-corrected chi connectivity index (χ3v) is 9.58. The van der Waals surface area contributed by atoms with Gasteiger partial charge in [-0.25, -0.2) is 0 Å². The number of hydrogen-bond acceptors (Lipinski definition) is 4. The maximum atomic E-state index is 11.0. The van der Waals surface area contributed by atoms with E-state index in [2.05, 4.69) is 10.6 Å². The molecule has 2 aliphatic rings. The number of quaternary nitrogens is 4. The fraction of sp³-hybridized carbons (Fsp3) is 0.625. The summed E-state index contributed by atoms with van der Waals surface area (Å²) in [6, 6.07) is 14.4. The Hall–Kier alpha value is -1.76. The normalized spacial score (nSPS) is 16.4. The van der Waals surface area contributed by atoms with Crippen LogP contribution in [0.5, 0.6) is 0 Å². The number of unbranched alkanes of at least 4 members (excludes halogenated alkanes) is 7. The average Bonchev–Trinajstić information content (AvgIpc) is 2.99. The van der Waals surface area contributed by atoms with Crippen molar-refractivity contribution in [2.45, 2.75) is 64.5 Å². The van der Waals surface area contributed by atoms with Gasteiger partial charge in [0.25, 0.3) is 11.4 Å². The van der Waals surface area contributed by atoms with E-state index in [-0.39, 0.29) is 70.8 Å². The Morgan fingerprint density at radius 2 is 0.783 bits per heavy atom. The van der Waals surface area contributed by atoms with E-state index in [1.807, 2.05) is 24.3 Å². The maximum absolute atomic E-state index is 11.0. The number of piperazine rings is 2. The standard InChI is InChI=1S/C32H50N6O4.4ClH/c39-35(40)31-13-9-29(10-14-31)27-37(23-17-33-18-24-37)21-7-5-3-1-2-4-6-8-22-38(25-19-34-20-26-38)28-30-11-15-32(16-12-30)36(41)42;;;;/h9-16,33-34H,1-8,17-28H2;4*1H/q+2;;;;/p-2. The predicted octanol–water partition coefficient (Wildman–Crippen LogP) is -8.87. The first kappa shape index (κ1) is 44.2. The van der Waals surface area contributed by atoms with Gasteiger partial charge in [-0.05, 0) is 49.9 Å². The van der Waals surface area contributed by atoms with Crippen LogP contribution in [0.15, 0.2) is 48.5 Å². The van der Waals surface area contributed by atoms with Crippen molar-refractivity contribution in [2.75, 3.05) is 65.4 Å². The second kappa shape index (κ2) is 22.7. The largest absolute Gasteiger partial charge is 1.00 e. The molecule has 4 N–H and O–H groups in total. The molecule has 0 aromatic heterocycles. The molecular formula is C32H52Cl4N6O4. The van der Waals surface area contributed by atoms with Crippen LogP contribution in [0.4, 0.5) is 11.4 Å². The van der Waals surface area contributed by atoms with Gasteiger partial charge in [0.1, 0.15) is 65.4 Å². The molecule has 0 bridgehead atoms. The Labute approximate surface area is 299 Å². The van der Waals surface area contributed by atoms with E-state index in [0.29, 0.717) is 0 Å². The van der Waals surface area contributed by atoms with Crippen LogP contribution in [-0.2, 0) is 13.1 Å². The molecule has 0 aliphatic carbocycles. The van der Waals surface area contributed by atoms with Gasteiger partial charge in [0.2, 0.25) is 0 Å². The van der Waals surface area contributed by atoms with E-state index < -0.39 is 0 Å². The van der Waals surface area contributed by atoms with Crippen molar-refractivity contribution in [3.05, 3.63) is 79.9 Å². The lowest BCUT2D eigenvalue weighted by atomic mass is 10.1. The van der Waals surface area contributed by atoms with Crippen molar-refractivity contribution in [2.24, 2.45) is 0 Å². The number of nitro benzene ring substituents is 2. The summed E-state index contributed by atoms with van der Waals surface area (Å²) in [6.45, 7) is 13.8. The molecule has 2 saturated heterocycles. The molecular weight excluding hydrogens is 674 g/mol. The molecule has 2 heterocycles. The first-order valence-corrected chi connectivity index (χ1v) is 16.2. The van der Waals surface area contributed by atoms with Crippen molar-refractivity contribution >= 4 is 11.4 Å². The fourth-order valence-electron chi connectivity index (χ4n) is 7.07. The van der Waals surface area contributed by atoms with Crippen LogP contribution >= 0.6 is 0 Å². The summed E-state index contributed by atoms with van der Waals surface area (Å²) < 4.78 is 2.23. The minimum Gasteiger partial charge on any atom is -1.00 e. The summed E-state index contributed by atoms with van der Waals surface area (Å²) >= 11 is 0. The van der Waals surface area contributed by atoms with Gasteiger partial charge < -0.3 is 69.2 Å². The minimum atomic E-state index is -0.320. The molecule has 0 amide bonds. The molecule has 14 heteroatoms. The lowest BCUT2D eigenvalue weighted by molar-refractivity contribution is -0.978. The van der Waals surface area contributed by atoms with E-state index in [0.717, 1.165) is 22.1 Å². The highest BCUT2D eigenvalue weighted by Crippen LogP contribution is 2.22. The van der Waals surface area contributed by atoms with Crippen LogP contribution in [0.2, 0.25) is 0 Å². The van der Waals surface area contributed by atoms with Gasteiger partial charge in [-0.3, -0.25) is 20.2 Å². The summed E-state index contributed by atoms with van der Waals surface area (Å²) in [5.41, 5.74) is 2.76. The zero-order valence-electron chi connectivity index (χ0n) is 26.8. The Morgan fingerprint density at radius 1 is 0.500 bits per heavy atom. The average molecular weight is 727 g/mol.